The average Bonchev–Trinajstić information content (AvgIpc) is 2.92. The molecule has 1 aliphatic heterocycles. The highest BCUT2D eigenvalue weighted by molar-refractivity contribution is 5.79. The monoisotopic (exact) mass is 491 g/mol. The van der Waals surface area contributed by atoms with Gasteiger partial charge in [-0.15, -0.1) is 0 Å². The maximum Gasteiger partial charge on any atom is 0.224 e. The first-order valence-electron chi connectivity index (χ1n) is 12.1. The summed E-state index contributed by atoms with van der Waals surface area (Å²) in [6.07, 6.45) is 4.15. The normalized spacial score (nSPS) is 17.8. The number of hydrogen-bond acceptors (Lipinski definition) is 7. The Balaban J connectivity index is 1.41. The minimum absolute atomic E-state index is 0.0200. The Labute approximate surface area is 211 Å². The summed E-state index contributed by atoms with van der Waals surface area (Å²) in [5.41, 5.74) is 2.03. The molecule has 1 aliphatic rings. The van der Waals surface area contributed by atoms with Crippen LogP contribution in [-0.2, 0) is 17.9 Å². The summed E-state index contributed by atoms with van der Waals surface area (Å²) in [5.74, 6) is 2.30. The number of pyridine rings is 1. The highest BCUT2D eigenvalue weighted by Crippen LogP contribution is 2.28. The van der Waals surface area contributed by atoms with E-state index in [-0.39, 0.29) is 23.5 Å². The highest BCUT2D eigenvalue weighted by Gasteiger charge is 2.32. The Bertz CT molecular complexity index is 1120. The first kappa shape index (κ1) is 25.3. The second kappa shape index (κ2) is 12.3. The zero-order chi connectivity index (χ0) is 25.3. The molecule has 1 saturated heterocycles. The number of carbonyl (C=O) groups is 1. The third-order valence-electron chi connectivity index (χ3n) is 6.36. The number of likely N-dealkylation sites (tertiary alicyclic amines) is 1. The molecule has 0 saturated carbocycles. The molecule has 4 rings (SSSR count). The molecule has 2 aromatic carbocycles. The van der Waals surface area contributed by atoms with Crippen molar-refractivity contribution in [3.8, 4) is 23.0 Å². The van der Waals surface area contributed by atoms with Crippen molar-refractivity contribution >= 4 is 5.91 Å². The number of aromatic hydroxyl groups is 1. The maximum absolute atomic E-state index is 13.2. The summed E-state index contributed by atoms with van der Waals surface area (Å²) in [6.45, 7) is 3.09. The standard InChI is InChI=1S/C28H33N3O5/c1-34-26-10-7-21(13-27(26)35-2)14-30-28(33)23-12-22(19-36-25-4-3-11-29-15-25)17-31(18-23)16-20-5-8-24(32)9-6-20/h3-11,13,15,22-23,32H,12,14,16-19H2,1-2H3,(H,30,33)/t22-,23+/m0/s1. The van der Waals surface area contributed by atoms with Gasteiger partial charge in [0.05, 0.1) is 32.9 Å². The van der Waals surface area contributed by atoms with Crippen molar-refractivity contribution in [2.75, 3.05) is 33.9 Å². The van der Waals surface area contributed by atoms with Crippen molar-refractivity contribution in [2.45, 2.75) is 19.5 Å². The predicted molar refractivity (Wildman–Crippen MR) is 136 cm³/mol. The Morgan fingerprint density at radius 3 is 2.56 bits per heavy atom. The number of phenols is 1. The van der Waals surface area contributed by atoms with E-state index in [0.717, 1.165) is 29.8 Å². The minimum atomic E-state index is -0.168. The molecule has 0 aliphatic carbocycles. The molecule has 2 N–H and O–H groups in total. The molecule has 190 valence electrons. The van der Waals surface area contributed by atoms with Crippen LogP contribution in [-0.4, -0.2) is 54.8 Å². The largest absolute Gasteiger partial charge is 0.508 e. The quantitative estimate of drug-likeness (QED) is 0.447. The van der Waals surface area contributed by atoms with Crippen molar-refractivity contribution in [1.82, 2.24) is 15.2 Å². The summed E-state index contributed by atoms with van der Waals surface area (Å²) < 4.78 is 16.7. The maximum atomic E-state index is 13.2. The number of hydrogen-bond donors (Lipinski definition) is 2. The van der Waals surface area contributed by atoms with E-state index in [4.69, 9.17) is 14.2 Å². The van der Waals surface area contributed by atoms with Crippen LogP contribution in [0.5, 0.6) is 23.0 Å². The lowest BCUT2D eigenvalue weighted by molar-refractivity contribution is -0.128. The molecule has 1 fully saturated rings. The Kier molecular flexibility index (Phi) is 8.62. The van der Waals surface area contributed by atoms with Crippen LogP contribution < -0.4 is 19.5 Å². The number of aromatic nitrogens is 1. The van der Waals surface area contributed by atoms with Crippen LogP contribution in [0.25, 0.3) is 0 Å². The van der Waals surface area contributed by atoms with E-state index in [9.17, 15) is 9.90 Å². The molecule has 1 aromatic heterocycles. The zero-order valence-electron chi connectivity index (χ0n) is 20.7. The van der Waals surface area contributed by atoms with E-state index in [1.54, 1.807) is 38.7 Å². The molecule has 0 bridgehead atoms. The molecule has 0 unspecified atom stereocenters. The fourth-order valence-corrected chi connectivity index (χ4v) is 4.57. The van der Waals surface area contributed by atoms with Crippen LogP contribution in [0, 0.1) is 11.8 Å². The van der Waals surface area contributed by atoms with Crippen LogP contribution in [0.15, 0.2) is 67.0 Å². The van der Waals surface area contributed by atoms with Crippen LogP contribution in [0.4, 0.5) is 0 Å². The lowest BCUT2D eigenvalue weighted by Crippen LogP contribution is -2.47. The summed E-state index contributed by atoms with van der Waals surface area (Å²) >= 11 is 0. The van der Waals surface area contributed by atoms with Gasteiger partial charge in [-0.2, -0.15) is 0 Å². The number of piperidine rings is 1. The SMILES string of the molecule is COc1ccc(CNC(=O)[C@@H]2C[C@H](COc3cccnc3)CN(Cc3ccc(O)cc3)C2)cc1OC. The van der Waals surface area contributed by atoms with Gasteiger partial charge < -0.3 is 24.6 Å². The van der Waals surface area contributed by atoms with Crippen LogP contribution in [0.3, 0.4) is 0 Å². The van der Waals surface area contributed by atoms with Gasteiger partial charge in [-0.1, -0.05) is 18.2 Å². The Morgan fingerprint density at radius 1 is 1.06 bits per heavy atom. The predicted octanol–water partition coefficient (Wildman–Crippen LogP) is 3.64. The average molecular weight is 492 g/mol. The number of ether oxygens (including phenoxy) is 3. The molecular formula is C28H33N3O5. The van der Waals surface area contributed by atoms with Gasteiger partial charge in [-0.3, -0.25) is 14.7 Å². The Hall–Kier alpha value is -3.78. The molecule has 8 nitrogen and oxygen atoms in total. The molecular weight excluding hydrogens is 458 g/mol. The van der Waals surface area contributed by atoms with Crippen molar-refractivity contribution in [3.05, 3.63) is 78.1 Å². The van der Waals surface area contributed by atoms with E-state index < -0.39 is 0 Å². The Morgan fingerprint density at radius 2 is 1.83 bits per heavy atom. The summed E-state index contributed by atoms with van der Waals surface area (Å²) in [4.78, 5) is 19.6. The lowest BCUT2D eigenvalue weighted by Gasteiger charge is -2.37. The van der Waals surface area contributed by atoms with E-state index in [1.807, 2.05) is 42.5 Å². The van der Waals surface area contributed by atoms with E-state index in [0.29, 0.717) is 37.7 Å². The number of amides is 1. The first-order valence-corrected chi connectivity index (χ1v) is 12.1. The fraction of sp³-hybridized carbons (Fsp3) is 0.357. The number of phenolic OH excluding ortho intramolecular Hbond substituents is 1. The van der Waals surface area contributed by atoms with Gasteiger partial charge in [-0.05, 0) is 53.9 Å². The number of rotatable bonds is 10. The third kappa shape index (κ3) is 6.88. The van der Waals surface area contributed by atoms with Crippen LogP contribution in [0.1, 0.15) is 17.5 Å². The zero-order valence-corrected chi connectivity index (χ0v) is 20.7. The molecule has 3 aromatic rings. The topological polar surface area (TPSA) is 93.2 Å². The van der Waals surface area contributed by atoms with Gasteiger partial charge in [0.15, 0.2) is 11.5 Å². The van der Waals surface area contributed by atoms with E-state index in [1.165, 1.54) is 0 Å². The second-order valence-corrected chi connectivity index (χ2v) is 9.07. The smallest absolute Gasteiger partial charge is 0.224 e. The lowest BCUT2D eigenvalue weighted by atomic mass is 9.88. The van der Waals surface area contributed by atoms with Crippen molar-refractivity contribution < 1.29 is 24.1 Å². The van der Waals surface area contributed by atoms with Gasteiger partial charge in [0.2, 0.25) is 5.91 Å². The molecule has 8 heteroatoms. The number of benzene rings is 2. The summed E-state index contributed by atoms with van der Waals surface area (Å²) in [5, 5.41) is 12.7. The number of nitrogens with one attached hydrogen (secondary N) is 1. The second-order valence-electron chi connectivity index (χ2n) is 9.07. The molecule has 2 heterocycles. The van der Waals surface area contributed by atoms with Gasteiger partial charge in [0, 0.05) is 38.3 Å². The van der Waals surface area contributed by atoms with E-state index >= 15 is 0 Å². The summed E-state index contributed by atoms with van der Waals surface area (Å²) in [6, 6.07) is 16.6. The van der Waals surface area contributed by atoms with Crippen LogP contribution >= 0.6 is 0 Å². The highest BCUT2D eigenvalue weighted by atomic mass is 16.5. The number of methoxy groups -OCH3 is 2. The molecule has 2 atom stereocenters. The fourth-order valence-electron chi connectivity index (χ4n) is 4.57. The van der Waals surface area contributed by atoms with Crippen molar-refractivity contribution in [1.29, 1.82) is 0 Å². The summed E-state index contributed by atoms with van der Waals surface area (Å²) in [7, 11) is 3.19. The molecule has 0 radical (unpaired) electrons. The van der Waals surface area contributed by atoms with E-state index in [2.05, 4.69) is 15.2 Å². The first-order chi connectivity index (χ1) is 17.5. The number of carbonyl (C=O) groups excluding carboxylic acids is 1. The van der Waals surface area contributed by atoms with Gasteiger partial charge >= 0.3 is 0 Å². The minimum Gasteiger partial charge on any atom is -0.508 e. The molecule has 1 amide bonds. The molecule has 36 heavy (non-hydrogen) atoms. The third-order valence-corrected chi connectivity index (χ3v) is 6.36. The number of nitrogens with zero attached hydrogens (tertiary/aromatic N) is 2. The van der Waals surface area contributed by atoms with Gasteiger partial charge in [0.1, 0.15) is 11.5 Å². The van der Waals surface area contributed by atoms with Crippen LogP contribution in [0.2, 0.25) is 0 Å². The van der Waals surface area contributed by atoms with Crippen molar-refractivity contribution in [2.24, 2.45) is 11.8 Å². The van der Waals surface area contributed by atoms with Gasteiger partial charge in [0.25, 0.3) is 0 Å². The van der Waals surface area contributed by atoms with Crippen molar-refractivity contribution in [3.63, 3.8) is 0 Å². The van der Waals surface area contributed by atoms with Gasteiger partial charge in [-0.25, -0.2) is 0 Å². The molecule has 0 spiro atoms.